The molecule has 0 radical (unpaired) electrons. The fourth-order valence-corrected chi connectivity index (χ4v) is 4.25. The Hall–Kier alpha value is -2.60. The molecular weight excluding hydrogens is 396 g/mol. The number of nitrogens with zero attached hydrogens (tertiary/aromatic N) is 5. The van der Waals surface area contributed by atoms with Gasteiger partial charge in [-0.1, -0.05) is 30.8 Å². The predicted octanol–water partition coefficient (Wildman–Crippen LogP) is 1.88. The fourth-order valence-electron chi connectivity index (χ4n) is 3.35. The van der Waals surface area contributed by atoms with Gasteiger partial charge in [0, 0.05) is 30.3 Å². The van der Waals surface area contributed by atoms with E-state index in [-0.39, 0.29) is 17.7 Å². The molecule has 11 heteroatoms. The van der Waals surface area contributed by atoms with Crippen LogP contribution in [0.5, 0.6) is 0 Å². The van der Waals surface area contributed by atoms with Gasteiger partial charge in [0.25, 0.3) is 5.69 Å². The highest BCUT2D eigenvalue weighted by atomic mass is 32.2. The minimum absolute atomic E-state index is 0.0575. The van der Waals surface area contributed by atoms with Gasteiger partial charge in [-0.3, -0.25) is 14.7 Å². The van der Waals surface area contributed by atoms with E-state index in [4.69, 9.17) is 10.5 Å². The van der Waals surface area contributed by atoms with Crippen LogP contribution in [0, 0.1) is 16.0 Å². The third-order valence-electron chi connectivity index (χ3n) is 5.09. The summed E-state index contributed by atoms with van der Waals surface area (Å²) in [7, 11) is 0. The Kier molecular flexibility index (Phi) is 5.46. The van der Waals surface area contributed by atoms with Crippen molar-refractivity contribution in [3.05, 3.63) is 52.6 Å². The number of thioether (sulfide) groups is 1. The number of benzene rings is 1. The molecule has 1 aromatic carbocycles. The van der Waals surface area contributed by atoms with Gasteiger partial charge >= 0.3 is 0 Å². The molecule has 4 atom stereocenters. The van der Waals surface area contributed by atoms with Gasteiger partial charge in [-0.2, -0.15) is 0 Å². The molecule has 2 aromatic heterocycles. The Balaban J connectivity index is 1.55. The summed E-state index contributed by atoms with van der Waals surface area (Å²) in [5, 5.41) is 22.0. The van der Waals surface area contributed by atoms with Gasteiger partial charge in [-0.05, 0) is 5.56 Å². The topological polar surface area (TPSA) is 142 Å². The van der Waals surface area contributed by atoms with E-state index in [1.165, 1.54) is 30.2 Å². The molecule has 4 rings (SSSR count). The zero-order valence-corrected chi connectivity index (χ0v) is 16.4. The Morgan fingerprint density at radius 1 is 1.31 bits per heavy atom. The highest BCUT2D eigenvalue weighted by molar-refractivity contribution is 7.98. The van der Waals surface area contributed by atoms with E-state index in [1.807, 2.05) is 6.92 Å². The van der Waals surface area contributed by atoms with E-state index in [1.54, 1.807) is 23.0 Å². The van der Waals surface area contributed by atoms with Crippen LogP contribution >= 0.6 is 11.8 Å². The molecule has 3 aromatic rings. The Morgan fingerprint density at radius 2 is 2.07 bits per heavy atom. The molecule has 1 aliphatic heterocycles. The number of aliphatic hydroxyl groups is 1. The first-order valence-electron chi connectivity index (χ1n) is 9.07. The lowest BCUT2D eigenvalue weighted by molar-refractivity contribution is -0.384. The highest BCUT2D eigenvalue weighted by Crippen LogP contribution is 2.36. The number of hydrogen-bond acceptors (Lipinski definition) is 9. The van der Waals surface area contributed by atoms with Crippen LogP contribution in [0.15, 0.2) is 41.9 Å². The number of aromatic nitrogens is 4. The number of nitrogens with two attached hydrogens (primary N) is 1. The van der Waals surface area contributed by atoms with Crippen molar-refractivity contribution in [3.63, 3.8) is 0 Å². The molecule has 1 aliphatic rings. The fraction of sp³-hybridized carbons (Fsp3) is 0.389. The number of imidazole rings is 1. The minimum Gasteiger partial charge on any atom is -0.388 e. The Bertz CT molecular complexity index is 1030. The summed E-state index contributed by atoms with van der Waals surface area (Å²) in [4.78, 5) is 23.4. The van der Waals surface area contributed by atoms with Gasteiger partial charge in [0.2, 0.25) is 0 Å². The first-order chi connectivity index (χ1) is 14.0. The lowest BCUT2D eigenvalue weighted by atomic mass is 10.0. The van der Waals surface area contributed by atoms with E-state index < -0.39 is 17.3 Å². The summed E-state index contributed by atoms with van der Waals surface area (Å²) in [6.45, 7) is 2.23. The van der Waals surface area contributed by atoms with Crippen LogP contribution in [0.3, 0.4) is 0 Å². The summed E-state index contributed by atoms with van der Waals surface area (Å²) >= 11 is 1.46. The van der Waals surface area contributed by atoms with Crippen molar-refractivity contribution in [1.29, 1.82) is 0 Å². The normalized spacial score (nSPS) is 24.2. The number of aliphatic hydroxyl groups excluding tert-OH is 1. The van der Waals surface area contributed by atoms with Crippen molar-refractivity contribution >= 4 is 28.6 Å². The largest absolute Gasteiger partial charge is 0.388 e. The number of ether oxygens (including phenoxy) is 1. The molecule has 0 saturated carbocycles. The van der Waals surface area contributed by atoms with Crippen molar-refractivity contribution in [2.24, 2.45) is 11.7 Å². The smallest absolute Gasteiger partial charge is 0.269 e. The number of rotatable bonds is 6. The van der Waals surface area contributed by atoms with Crippen LogP contribution in [0.1, 0.15) is 18.7 Å². The van der Waals surface area contributed by atoms with E-state index in [9.17, 15) is 15.2 Å². The second-order valence-electron chi connectivity index (χ2n) is 6.87. The average Bonchev–Trinajstić information content (AvgIpc) is 3.28. The molecule has 3 heterocycles. The van der Waals surface area contributed by atoms with Crippen molar-refractivity contribution in [2.75, 3.05) is 6.54 Å². The maximum atomic E-state index is 10.8. The summed E-state index contributed by atoms with van der Waals surface area (Å²) in [5.41, 5.74) is 7.90. The van der Waals surface area contributed by atoms with Crippen molar-refractivity contribution in [2.45, 2.75) is 36.1 Å². The molecule has 29 heavy (non-hydrogen) atoms. The van der Waals surface area contributed by atoms with E-state index in [0.29, 0.717) is 28.5 Å². The molecule has 0 aliphatic carbocycles. The highest BCUT2D eigenvalue weighted by Gasteiger charge is 2.41. The van der Waals surface area contributed by atoms with Crippen LogP contribution in [0.4, 0.5) is 5.69 Å². The molecule has 0 amide bonds. The van der Waals surface area contributed by atoms with E-state index in [2.05, 4.69) is 15.0 Å². The average molecular weight is 416 g/mol. The second kappa shape index (κ2) is 8.03. The third kappa shape index (κ3) is 3.69. The first kappa shape index (κ1) is 19.7. The summed E-state index contributed by atoms with van der Waals surface area (Å²) in [6, 6.07) is 6.40. The van der Waals surface area contributed by atoms with Crippen LogP contribution in [0.2, 0.25) is 0 Å². The summed E-state index contributed by atoms with van der Waals surface area (Å²) in [5.74, 6) is 0.478. The van der Waals surface area contributed by atoms with Gasteiger partial charge in [-0.15, -0.1) is 0 Å². The monoisotopic (exact) mass is 416 g/mol. The maximum absolute atomic E-state index is 10.8. The molecule has 0 unspecified atom stereocenters. The number of non-ortho nitro benzene ring substituents is 1. The zero-order chi connectivity index (χ0) is 20.5. The van der Waals surface area contributed by atoms with E-state index in [0.717, 1.165) is 5.56 Å². The van der Waals surface area contributed by atoms with Gasteiger partial charge in [0.1, 0.15) is 23.0 Å². The Morgan fingerprint density at radius 3 is 2.72 bits per heavy atom. The molecule has 1 fully saturated rings. The molecule has 0 bridgehead atoms. The lowest BCUT2D eigenvalue weighted by Crippen LogP contribution is -2.28. The molecule has 0 spiro atoms. The Labute approximate surface area is 170 Å². The van der Waals surface area contributed by atoms with Crippen molar-refractivity contribution < 1.29 is 14.8 Å². The van der Waals surface area contributed by atoms with Crippen LogP contribution in [0.25, 0.3) is 11.2 Å². The van der Waals surface area contributed by atoms with Gasteiger partial charge in [-0.25, -0.2) is 15.0 Å². The number of nitro groups is 1. The zero-order valence-electron chi connectivity index (χ0n) is 15.6. The lowest BCUT2D eigenvalue weighted by Gasteiger charge is -2.17. The predicted molar refractivity (Wildman–Crippen MR) is 106 cm³/mol. The molecule has 1 saturated heterocycles. The standard InChI is InChI=1S/C18H20N6O4S/c1-10-13(6-19)28-18(15(10)25)23-9-22-14-16(23)20-8-21-17(14)29-7-11-2-4-12(5-3-11)24(26)27/h2-5,8-10,13,15,18,25H,6-7,19H2,1H3/t10-,13-,15-,18-/m1/s1. The van der Waals surface area contributed by atoms with Crippen LogP contribution < -0.4 is 5.73 Å². The SMILES string of the molecule is C[C@H]1[C@@H](O)[C@H](n2cnc3c(SCc4ccc([N+](=O)[O-])cc4)ncnc32)O[C@@H]1CN. The third-order valence-corrected chi connectivity index (χ3v) is 6.14. The van der Waals surface area contributed by atoms with Gasteiger partial charge < -0.3 is 15.6 Å². The molecule has 10 nitrogen and oxygen atoms in total. The minimum atomic E-state index is -0.716. The van der Waals surface area contributed by atoms with Crippen LogP contribution in [-0.2, 0) is 10.5 Å². The van der Waals surface area contributed by atoms with Crippen LogP contribution in [-0.4, -0.2) is 48.3 Å². The number of nitro benzene ring substituents is 1. The molecular formula is C18H20N6O4S. The van der Waals surface area contributed by atoms with Crippen molar-refractivity contribution in [3.8, 4) is 0 Å². The second-order valence-corrected chi connectivity index (χ2v) is 7.83. The summed E-state index contributed by atoms with van der Waals surface area (Å²) in [6.07, 6.45) is 1.49. The molecule has 3 N–H and O–H groups in total. The summed E-state index contributed by atoms with van der Waals surface area (Å²) < 4.78 is 7.63. The van der Waals surface area contributed by atoms with E-state index >= 15 is 0 Å². The van der Waals surface area contributed by atoms with Crippen molar-refractivity contribution in [1.82, 2.24) is 19.5 Å². The number of hydrogen-bond donors (Lipinski definition) is 2. The van der Waals surface area contributed by atoms with Gasteiger partial charge in [0.05, 0.1) is 17.4 Å². The quantitative estimate of drug-likeness (QED) is 0.266. The maximum Gasteiger partial charge on any atom is 0.269 e. The van der Waals surface area contributed by atoms with Gasteiger partial charge in [0.15, 0.2) is 11.9 Å². The first-order valence-corrected chi connectivity index (χ1v) is 10.1. The number of fused-ring (bicyclic) bond motifs is 1. The molecule has 152 valence electrons.